The SMILES string of the molecule is CCNC(=NCc1nncn1CC)N1CC2OCCN(Cc3ccccc3)C2C1.I. The molecule has 2 unspecified atom stereocenters. The predicted molar refractivity (Wildman–Crippen MR) is 128 cm³/mol. The fourth-order valence-corrected chi connectivity index (χ4v) is 4.18. The number of rotatable bonds is 6. The fraction of sp³-hybridized carbons (Fsp3) is 0.571. The van der Waals surface area contributed by atoms with E-state index in [0.29, 0.717) is 12.6 Å². The number of guanidine groups is 1. The molecule has 0 radical (unpaired) electrons. The van der Waals surface area contributed by atoms with E-state index in [-0.39, 0.29) is 30.1 Å². The summed E-state index contributed by atoms with van der Waals surface area (Å²) in [6.45, 7) is 10.9. The lowest BCUT2D eigenvalue weighted by Crippen LogP contribution is -2.50. The first kappa shape index (κ1) is 23.0. The van der Waals surface area contributed by atoms with Gasteiger partial charge in [-0.25, -0.2) is 4.99 Å². The second kappa shape index (κ2) is 11.1. The van der Waals surface area contributed by atoms with Crippen LogP contribution < -0.4 is 5.32 Å². The Morgan fingerprint density at radius 1 is 1.23 bits per heavy atom. The summed E-state index contributed by atoms with van der Waals surface area (Å²) < 4.78 is 8.15. The van der Waals surface area contributed by atoms with Crippen molar-refractivity contribution in [2.45, 2.75) is 45.6 Å². The van der Waals surface area contributed by atoms with Crippen LogP contribution in [0.3, 0.4) is 0 Å². The summed E-state index contributed by atoms with van der Waals surface area (Å²) >= 11 is 0. The molecule has 1 aromatic carbocycles. The number of halogens is 1. The number of aliphatic imine (C=N–C) groups is 1. The van der Waals surface area contributed by atoms with Gasteiger partial charge in [-0.3, -0.25) is 4.90 Å². The molecule has 0 bridgehead atoms. The summed E-state index contributed by atoms with van der Waals surface area (Å²) in [5, 5.41) is 11.7. The van der Waals surface area contributed by atoms with Crippen LogP contribution in [0.15, 0.2) is 41.7 Å². The van der Waals surface area contributed by atoms with Gasteiger partial charge in [0.2, 0.25) is 0 Å². The van der Waals surface area contributed by atoms with Gasteiger partial charge in [0, 0.05) is 39.3 Å². The molecule has 2 atom stereocenters. The highest BCUT2D eigenvalue weighted by atomic mass is 127. The molecule has 0 saturated carbocycles. The molecule has 3 heterocycles. The molecule has 0 aliphatic carbocycles. The van der Waals surface area contributed by atoms with Crippen molar-refractivity contribution in [3.05, 3.63) is 48.0 Å². The number of fused-ring (bicyclic) bond motifs is 1. The third-order valence-electron chi connectivity index (χ3n) is 5.69. The molecule has 9 heteroatoms. The van der Waals surface area contributed by atoms with Crippen LogP contribution in [0.1, 0.15) is 25.2 Å². The minimum Gasteiger partial charge on any atom is -0.373 e. The molecule has 8 nitrogen and oxygen atoms in total. The summed E-state index contributed by atoms with van der Waals surface area (Å²) in [6.07, 6.45) is 1.98. The number of nitrogens with zero attached hydrogens (tertiary/aromatic N) is 6. The molecular formula is C21H32IN7O. The molecule has 2 saturated heterocycles. The van der Waals surface area contributed by atoms with Gasteiger partial charge in [0.1, 0.15) is 12.9 Å². The molecule has 2 aliphatic heterocycles. The lowest BCUT2D eigenvalue weighted by Gasteiger charge is -2.36. The third-order valence-corrected chi connectivity index (χ3v) is 5.69. The number of hydrogen-bond donors (Lipinski definition) is 1. The zero-order chi connectivity index (χ0) is 20.1. The Hall–Kier alpha value is -1.72. The third kappa shape index (κ3) is 5.30. The second-order valence-electron chi connectivity index (χ2n) is 7.54. The molecule has 0 spiro atoms. The van der Waals surface area contributed by atoms with Crippen molar-refractivity contribution in [3.8, 4) is 0 Å². The van der Waals surface area contributed by atoms with Crippen molar-refractivity contribution >= 4 is 29.9 Å². The van der Waals surface area contributed by atoms with E-state index in [1.165, 1.54) is 5.56 Å². The summed E-state index contributed by atoms with van der Waals surface area (Å²) in [4.78, 5) is 9.73. The van der Waals surface area contributed by atoms with Crippen LogP contribution in [0.2, 0.25) is 0 Å². The molecular weight excluding hydrogens is 493 g/mol. The molecule has 4 rings (SSSR count). The summed E-state index contributed by atoms with van der Waals surface area (Å²) in [6, 6.07) is 11.1. The monoisotopic (exact) mass is 525 g/mol. The molecule has 2 fully saturated rings. The van der Waals surface area contributed by atoms with E-state index >= 15 is 0 Å². The van der Waals surface area contributed by atoms with Gasteiger partial charge in [-0.05, 0) is 19.4 Å². The van der Waals surface area contributed by atoms with Crippen LogP contribution in [0.25, 0.3) is 0 Å². The zero-order valence-corrected chi connectivity index (χ0v) is 20.1. The second-order valence-corrected chi connectivity index (χ2v) is 7.54. The van der Waals surface area contributed by atoms with Gasteiger partial charge in [-0.1, -0.05) is 30.3 Å². The number of aromatic nitrogens is 3. The van der Waals surface area contributed by atoms with Crippen molar-refractivity contribution in [2.24, 2.45) is 4.99 Å². The van der Waals surface area contributed by atoms with Crippen molar-refractivity contribution in [3.63, 3.8) is 0 Å². The number of nitrogens with one attached hydrogen (secondary N) is 1. The van der Waals surface area contributed by atoms with E-state index in [0.717, 1.165) is 57.7 Å². The van der Waals surface area contributed by atoms with Gasteiger partial charge < -0.3 is 19.5 Å². The molecule has 1 N–H and O–H groups in total. The largest absolute Gasteiger partial charge is 0.373 e. The van der Waals surface area contributed by atoms with Crippen molar-refractivity contribution in [2.75, 3.05) is 32.8 Å². The van der Waals surface area contributed by atoms with E-state index in [9.17, 15) is 0 Å². The van der Waals surface area contributed by atoms with Crippen LogP contribution in [0.5, 0.6) is 0 Å². The van der Waals surface area contributed by atoms with E-state index in [2.05, 4.69) is 69.5 Å². The van der Waals surface area contributed by atoms with Crippen molar-refractivity contribution < 1.29 is 4.74 Å². The number of ether oxygens (including phenoxy) is 1. The van der Waals surface area contributed by atoms with Gasteiger partial charge in [0.15, 0.2) is 11.8 Å². The smallest absolute Gasteiger partial charge is 0.194 e. The normalized spacial score (nSPS) is 21.9. The molecule has 2 aliphatic rings. The van der Waals surface area contributed by atoms with Gasteiger partial charge in [-0.2, -0.15) is 0 Å². The Morgan fingerprint density at radius 2 is 2.07 bits per heavy atom. The van der Waals surface area contributed by atoms with Gasteiger partial charge in [0.05, 0.1) is 18.8 Å². The first-order chi connectivity index (χ1) is 14.3. The number of aryl methyl sites for hydroxylation is 1. The van der Waals surface area contributed by atoms with E-state index in [4.69, 9.17) is 9.73 Å². The number of benzene rings is 1. The maximum Gasteiger partial charge on any atom is 0.194 e. The summed E-state index contributed by atoms with van der Waals surface area (Å²) in [5.74, 6) is 1.82. The van der Waals surface area contributed by atoms with Crippen LogP contribution in [-0.2, 0) is 24.4 Å². The molecule has 164 valence electrons. The molecule has 2 aromatic rings. The maximum atomic E-state index is 6.12. The minimum atomic E-state index is 0. The average molecular weight is 525 g/mol. The zero-order valence-electron chi connectivity index (χ0n) is 17.8. The quantitative estimate of drug-likeness (QED) is 0.354. The average Bonchev–Trinajstić information content (AvgIpc) is 3.39. The van der Waals surface area contributed by atoms with Crippen LogP contribution >= 0.6 is 24.0 Å². The maximum absolute atomic E-state index is 6.12. The first-order valence-electron chi connectivity index (χ1n) is 10.6. The Labute approximate surface area is 195 Å². The molecule has 30 heavy (non-hydrogen) atoms. The Kier molecular flexibility index (Phi) is 8.46. The highest BCUT2D eigenvalue weighted by molar-refractivity contribution is 14.0. The van der Waals surface area contributed by atoms with Gasteiger partial charge >= 0.3 is 0 Å². The predicted octanol–water partition coefficient (Wildman–Crippen LogP) is 1.97. The number of likely N-dealkylation sites (tertiary alicyclic amines) is 1. The number of morpholine rings is 1. The highest BCUT2D eigenvalue weighted by Gasteiger charge is 2.41. The van der Waals surface area contributed by atoms with Gasteiger partial charge in [0.25, 0.3) is 0 Å². The lowest BCUT2D eigenvalue weighted by molar-refractivity contribution is -0.0502. The first-order valence-corrected chi connectivity index (χ1v) is 10.6. The standard InChI is InChI=1S/C21H31N7O.HI/c1-3-22-21(23-12-20-25-24-16-26(20)4-2)28-14-18-19(15-28)29-11-10-27(18)13-17-8-6-5-7-9-17;/h5-9,16,18-19H,3-4,10-15H2,1-2H3,(H,22,23);1H. The minimum absolute atomic E-state index is 0. The number of hydrogen-bond acceptors (Lipinski definition) is 5. The molecule has 1 aromatic heterocycles. The molecule has 0 amide bonds. The van der Waals surface area contributed by atoms with Crippen molar-refractivity contribution in [1.29, 1.82) is 0 Å². The van der Waals surface area contributed by atoms with E-state index < -0.39 is 0 Å². The summed E-state index contributed by atoms with van der Waals surface area (Å²) in [5.41, 5.74) is 1.35. The Bertz CT molecular complexity index is 813. The van der Waals surface area contributed by atoms with Crippen LogP contribution in [0, 0.1) is 0 Å². The van der Waals surface area contributed by atoms with Crippen LogP contribution in [-0.4, -0.2) is 75.5 Å². The van der Waals surface area contributed by atoms with Crippen LogP contribution in [0.4, 0.5) is 0 Å². The van der Waals surface area contributed by atoms with E-state index in [1.54, 1.807) is 6.33 Å². The van der Waals surface area contributed by atoms with Crippen molar-refractivity contribution in [1.82, 2.24) is 29.9 Å². The van der Waals surface area contributed by atoms with E-state index in [1.807, 2.05) is 4.57 Å². The Balaban J connectivity index is 0.00000256. The fourth-order valence-electron chi connectivity index (χ4n) is 4.18. The topological polar surface area (TPSA) is 70.8 Å². The Morgan fingerprint density at radius 3 is 2.83 bits per heavy atom. The highest BCUT2D eigenvalue weighted by Crippen LogP contribution is 2.24. The van der Waals surface area contributed by atoms with Gasteiger partial charge in [-0.15, -0.1) is 34.2 Å². The lowest BCUT2D eigenvalue weighted by atomic mass is 10.1. The summed E-state index contributed by atoms with van der Waals surface area (Å²) in [7, 11) is 0.